The summed E-state index contributed by atoms with van der Waals surface area (Å²) in [6.45, 7) is 13.5. The summed E-state index contributed by atoms with van der Waals surface area (Å²) in [5, 5.41) is 9.34. The molecule has 0 spiro atoms. The number of hydrogen-bond donors (Lipinski definition) is 1. The molecule has 0 bridgehead atoms. The fourth-order valence-corrected chi connectivity index (χ4v) is 4.11. The van der Waals surface area contributed by atoms with Gasteiger partial charge in [0.25, 0.3) is 0 Å². The van der Waals surface area contributed by atoms with Gasteiger partial charge in [0, 0.05) is 4.47 Å². The van der Waals surface area contributed by atoms with Gasteiger partial charge >= 0.3 is 5.97 Å². The smallest absolute Gasteiger partial charge is 0.336 e. The number of carboxylic acid groups (broad SMARTS) is 1. The van der Waals surface area contributed by atoms with Crippen molar-refractivity contribution < 1.29 is 9.90 Å². The van der Waals surface area contributed by atoms with Gasteiger partial charge in [-0.2, -0.15) is 0 Å². The number of benzene rings is 1. The van der Waals surface area contributed by atoms with E-state index in [1.54, 1.807) is 0 Å². The molecule has 0 fully saturated rings. The summed E-state index contributed by atoms with van der Waals surface area (Å²) in [5.74, 6) is -0.877. The van der Waals surface area contributed by atoms with Gasteiger partial charge in [-0.3, -0.25) is 0 Å². The molecule has 0 atom stereocenters. The summed E-state index contributed by atoms with van der Waals surface area (Å²) >= 11 is 3.42. The molecule has 2 nitrogen and oxygen atoms in total. The van der Waals surface area contributed by atoms with E-state index in [2.05, 4.69) is 57.5 Å². The lowest BCUT2D eigenvalue weighted by molar-refractivity contribution is 0.0694. The van der Waals surface area contributed by atoms with E-state index in [1.807, 2.05) is 12.1 Å². The summed E-state index contributed by atoms with van der Waals surface area (Å²) in [6, 6.07) is 3.88. The van der Waals surface area contributed by atoms with Gasteiger partial charge in [-0.15, -0.1) is 0 Å². The number of aromatic carboxylic acids is 1. The monoisotopic (exact) mass is 338 g/mol. The first-order chi connectivity index (χ1) is 8.90. The second-order valence-electron chi connectivity index (χ2n) is 7.75. The molecular formula is C17H23BrO2. The van der Waals surface area contributed by atoms with Gasteiger partial charge in [-0.05, 0) is 61.9 Å². The second kappa shape index (κ2) is 4.33. The number of rotatable bonds is 1. The summed E-state index contributed by atoms with van der Waals surface area (Å²) in [4.78, 5) is 11.4. The minimum atomic E-state index is -0.877. The van der Waals surface area contributed by atoms with Crippen molar-refractivity contribution in [2.75, 3.05) is 0 Å². The van der Waals surface area contributed by atoms with E-state index in [0.717, 1.165) is 6.42 Å². The van der Waals surface area contributed by atoms with E-state index < -0.39 is 5.97 Å². The molecule has 0 saturated heterocycles. The Bertz CT molecular complexity index is 583. The van der Waals surface area contributed by atoms with Gasteiger partial charge in [0.2, 0.25) is 0 Å². The largest absolute Gasteiger partial charge is 0.478 e. The molecule has 1 aliphatic rings. The molecule has 1 aromatic carbocycles. The Balaban J connectivity index is 2.80. The van der Waals surface area contributed by atoms with Gasteiger partial charge in [-0.1, -0.05) is 41.5 Å². The van der Waals surface area contributed by atoms with E-state index >= 15 is 0 Å². The maximum absolute atomic E-state index is 11.4. The van der Waals surface area contributed by atoms with Crippen LogP contribution in [0.4, 0.5) is 0 Å². The van der Waals surface area contributed by atoms with Crippen LogP contribution in [0, 0.1) is 5.41 Å². The van der Waals surface area contributed by atoms with Crippen molar-refractivity contribution in [2.45, 2.75) is 58.8 Å². The third kappa shape index (κ3) is 2.11. The molecule has 0 aliphatic heterocycles. The van der Waals surface area contributed by atoms with Crippen LogP contribution >= 0.6 is 15.9 Å². The van der Waals surface area contributed by atoms with Gasteiger partial charge in [0.05, 0.1) is 5.56 Å². The van der Waals surface area contributed by atoms with E-state index in [0.29, 0.717) is 10.0 Å². The van der Waals surface area contributed by atoms with Crippen LogP contribution in [0.5, 0.6) is 0 Å². The van der Waals surface area contributed by atoms with Gasteiger partial charge in [0.1, 0.15) is 0 Å². The maximum atomic E-state index is 11.4. The van der Waals surface area contributed by atoms with Crippen LogP contribution in [0.3, 0.4) is 0 Å². The highest BCUT2D eigenvalue weighted by Gasteiger charge is 2.49. The molecule has 0 radical (unpaired) electrons. The van der Waals surface area contributed by atoms with Crippen molar-refractivity contribution >= 4 is 21.9 Å². The normalized spacial score (nSPS) is 22.1. The Labute approximate surface area is 129 Å². The molecule has 1 N–H and O–H groups in total. The molecule has 1 aromatic rings. The predicted molar refractivity (Wildman–Crippen MR) is 85.6 cm³/mol. The number of carbonyl (C=O) groups is 1. The van der Waals surface area contributed by atoms with Crippen LogP contribution in [0.25, 0.3) is 0 Å². The minimum absolute atomic E-state index is 0.0113. The maximum Gasteiger partial charge on any atom is 0.336 e. The van der Waals surface area contributed by atoms with Crippen LogP contribution in [0.2, 0.25) is 0 Å². The van der Waals surface area contributed by atoms with Gasteiger partial charge < -0.3 is 5.11 Å². The fraction of sp³-hybridized carbons (Fsp3) is 0.588. The molecule has 0 aromatic heterocycles. The lowest BCUT2D eigenvalue weighted by atomic mass is 9.51. The van der Waals surface area contributed by atoms with Gasteiger partial charge in [0.15, 0.2) is 0 Å². The zero-order chi connectivity index (χ0) is 15.5. The highest BCUT2D eigenvalue weighted by Crippen LogP contribution is 2.56. The highest BCUT2D eigenvalue weighted by atomic mass is 79.9. The number of carboxylic acids is 1. The zero-order valence-corrected chi connectivity index (χ0v) is 14.7. The Hall–Kier alpha value is -0.830. The second-order valence-corrected chi connectivity index (χ2v) is 8.61. The number of fused-ring (bicyclic) bond motifs is 1. The summed E-state index contributed by atoms with van der Waals surface area (Å²) in [7, 11) is 0. The first-order valence-electron chi connectivity index (χ1n) is 6.98. The molecular weight excluding hydrogens is 316 g/mol. The third-order valence-electron chi connectivity index (χ3n) is 5.32. The first kappa shape index (κ1) is 15.6. The van der Waals surface area contributed by atoms with Crippen molar-refractivity contribution in [2.24, 2.45) is 5.41 Å². The molecule has 0 unspecified atom stereocenters. The average molecular weight is 339 g/mol. The van der Waals surface area contributed by atoms with Crippen LogP contribution in [-0.2, 0) is 10.8 Å². The van der Waals surface area contributed by atoms with Crippen LogP contribution < -0.4 is 0 Å². The van der Waals surface area contributed by atoms with Crippen LogP contribution in [-0.4, -0.2) is 11.1 Å². The molecule has 0 amide bonds. The average Bonchev–Trinajstić information content (AvgIpc) is 2.24. The lowest BCUT2D eigenvalue weighted by Crippen LogP contribution is -2.47. The van der Waals surface area contributed by atoms with E-state index in [1.165, 1.54) is 11.1 Å². The number of hydrogen-bond acceptors (Lipinski definition) is 1. The highest BCUT2D eigenvalue weighted by molar-refractivity contribution is 9.10. The predicted octanol–water partition coefficient (Wildman–Crippen LogP) is 5.13. The number of halogens is 1. The van der Waals surface area contributed by atoms with Crippen molar-refractivity contribution in [1.29, 1.82) is 0 Å². The molecule has 2 rings (SSSR count). The van der Waals surface area contributed by atoms with Crippen molar-refractivity contribution in [3.05, 3.63) is 33.3 Å². The van der Waals surface area contributed by atoms with Crippen LogP contribution in [0.1, 0.15) is 69.4 Å². The summed E-state index contributed by atoms with van der Waals surface area (Å²) in [5.41, 5.74) is 2.94. The Morgan fingerprint density at radius 3 is 2.15 bits per heavy atom. The van der Waals surface area contributed by atoms with E-state index in [9.17, 15) is 9.90 Å². The van der Waals surface area contributed by atoms with Crippen LogP contribution in [0.15, 0.2) is 16.6 Å². The minimum Gasteiger partial charge on any atom is -0.478 e. The van der Waals surface area contributed by atoms with Crippen molar-refractivity contribution in [1.82, 2.24) is 0 Å². The Kier molecular flexibility index (Phi) is 3.37. The summed E-state index contributed by atoms with van der Waals surface area (Å²) < 4.78 is 0.672. The molecule has 20 heavy (non-hydrogen) atoms. The molecule has 0 saturated carbocycles. The third-order valence-corrected chi connectivity index (χ3v) is 5.97. The molecule has 3 heteroatoms. The molecule has 0 heterocycles. The lowest BCUT2D eigenvalue weighted by Gasteiger charge is -2.53. The molecule has 1 aliphatic carbocycles. The Morgan fingerprint density at radius 1 is 1.10 bits per heavy atom. The van der Waals surface area contributed by atoms with Crippen molar-refractivity contribution in [3.8, 4) is 0 Å². The SMILES string of the molecule is CC1(C)CC(C)(C)C(C)(C)c2cc(Br)c(C(=O)O)cc21. The van der Waals surface area contributed by atoms with Crippen molar-refractivity contribution in [3.63, 3.8) is 0 Å². The Morgan fingerprint density at radius 2 is 1.65 bits per heavy atom. The van der Waals surface area contributed by atoms with E-state index in [-0.39, 0.29) is 16.2 Å². The molecule has 110 valence electrons. The standard InChI is InChI=1S/C17H23BrO2/c1-15(2)9-16(3,4)17(5,6)12-8-13(18)10(14(19)20)7-11(12)15/h7-8H,9H2,1-6H3,(H,19,20). The fourth-order valence-electron chi connectivity index (χ4n) is 3.60. The summed E-state index contributed by atoms with van der Waals surface area (Å²) in [6.07, 6.45) is 1.04. The zero-order valence-electron chi connectivity index (χ0n) is 13.1. The van der Waals surface area contributed by atoms with E-state index in [4.69, 9.17) is 0 Å². The topological polar surface area (TPSA) is 37.3 Å². The quantitative estimate of drug-likeness (QED) is 0.770. The van der Waals surface area contributed by atoms with Gasteiger partial charge in [-0.25, -0.2) is 4.79 Å². The first-order valence-corrected chi connectivity index (χ1v) is 7.77.